The Bertz CT molecular complexity index is 583. The van der Waals surface area contributed by atoms with Crippen LogP contribution in [0.4, 0.5) is 0 Å². The molecule has 0 aliphatic carbocycles. The molecule has 0 atom stereocenters. The van der Waals surface area contributed by atoms with Gasteiger partial charge in [0.05, 0.1) is 0 Å². The molecule has 0 unspecified atom stereocenters. The van der Waals surface area contributed by atoms with Crippen molar-refractivity contribution in [3.63, 3.8) is 0 Å². The van der Waals surface area contributed by atoms with E-state index in [4.69, 9.17) is 5.11 Å². The molecule has 0 fully saturated rings. The van der Waals surface area contributed by atoms with Crippen LogP contribution in [0, 0.1) is 0 Å². The normalized spacial score (nSPS) is 10.4. The third kappa shape index (κ3) is 3.14. The highest BCUT2D eigenvalue weighted by Crippen LogP contribution is 2.28. The fraction of sp³-hybridized carbons (Fsp3) is 0.0833. The summed E-state index contributed by atoms with van der Waals surface area (Å²) in [6, 6.07) is 9.32. The van der Waals surface area contributed by atoms with E-state index < -0.39 is 0 Å². The summed E-state index contributed by atoms with van der Waals surface area (Å²) in [5, 5.41) is 9.12. The molecule has 3 nitrogen and oxygen atoms in total. The summed E-state index contributed by atoms with van der Waals surface area (Å²) in [6.07, 6.45) is 1.32. The Morgan fingerprint density at radius 3 is 2.82 bits per heavy atom. The smallest absolute Gasteiger partial charge is 0.223 e. The molecule has 0 amide bonds. The fourth-order valence-electron chi connectivity index (χ4n) is 1.31. The molecule has 1 heterocycles. The van der Waals surface area contributed by atoms with Crippen molar-refractivity contribution in [1.29, 1.82) is 0 Å². The molecule has 2 N–H and O–H groups in total. The number of hydrogen-bond donors (Lipinski definition) is 2. The number of aromatic amines is 1. The van der Waals surface area contributed by atoms with E-state index in [2.05, 4.69) is 20.9 Å². The van der Waals surface area contributed by atoms with Crippen LogP contribution in [-0.2, 0) is 5.75 Å². The minimum atomic E-state index is -0.355. The highest BCUT2D eigenvalue weighted by molar-refractivity contribution is 9.10. The molecular formula is C12H10BrNO2S. The molecule has 0 aliphatic heterocycles. The van der Waals surface area contributed by atoms with Crippen LogP contribution < -0.4 is 5.43 Å². The fourth-order valence-corrected chi connectivity index (χ4v) is 2.79. The average molecular weight is 312 g/mol. The van der Waals surface area contributed by atoms with Gasteiger partial charge < -0.3 is 10.1 Å². The van der Waals surface area contributed by atoms with Crippen LogP contribution in [0.25, 0.3) is 0 Å². The van der Waals surface area contributed by atoms with Gasteiger partial charge in [-0.3, -0.25) is 4.79 Å². The number of aromatic hydroxyl groups is 1. The molecule has 0 saturated heterocycles. The molecule has 2 aromatic rings. The molecular weight excluding hydrogens is 302 g/mol. The molecule has 17 heavy (non-hydrogen) atoms. The molecule has 1 aromatic carbocycles. The van der Waals surface area contributed by atoms with Gasteiger partial charge in [-0.25, -0.2) is 0 Å². The molecule has 1 aromatic heterocycles. The highest BCUT2D eigenvalue weighted by atomic mass is 79.9. The highest BCUT2D eigenvalue weighted by Gasteiger charge is 2.02. The third-order valence-electron chi connectivity index (χ3n) is 2.17. The predicted molar refractivity (Wildman–Crippen MR) is 72.4 cm³/mol. The molecule has 0 radical (unpaired) electrons. The second-order valence-corrected chi connectivity index (χ2v) is 5.30. The Morgan fingerprint density at radius 2 is 2.12 bits per heavy atom. The summed E-state index contributed by atoms with van der Waals surface area (Å²) in [7, 11) is 0. The van der Waals surface area contributed by atoms with Crippen LogP contribution in [0.1, 0.15) is 5.69 Å². The first kappa shape index (κ1) is 12.3. The van der Waals surface area contributed by atoms with Gasteiger partial charge in [0.2, 0.25) is 5.43 Å². The number of hydrogen-bond acceptors (Lipinski definition) is 3. The lowest BCUT2D eigenvalue weighted by atomic mass is 10.3. The number of pyridine rings is 1. The van der Waals surface area contributed by atoms with Gasteiger partial charge >= 0.3 is 0 Å². The van der Waals surface area contributed by atoms with Crippen molar-refractivity contribution < 1.29 is 5.11 Å². The second-order valence-electron chi connectivity index (χ2n) is 3.43. The van der Waals surface area contributed by atoms with Gasteiger partial charge in [0.25, 0.3) is 0 Å². The van der Waals surface area contributed by atoms with Crippen molar-refractivity contribution in [3.05, 3.63) is 56.9 Å². The van der Waals surface area contributed by atoms with Crippen LogP contribution in [0.3, 0.4) is 0 Å². The van der Waals surface area contributed by atoms with E-state index in [1.807, 2.05) is 24.3 Å². The molecule has 0 spiro atoms. The van der Waals surface area contributed by atoms with Crippen LogP contribution in [-0.4, -0.2) is 10.1 Å². The summed E-state index contributed by atoms with van der Waals surface area (Å²) in [5.41, 5.74) is 0.431. The average Bonchev–Trinajstić information content (AvgIpc) is 2.32. The Morgan fingerprint density at radius 1 is 1.35 bits per heavy atom. The quantitative estimate of drug-likeness (QED) is 0.856. The molecule has 2 rings (SSSR count). The number of rotatable bonds is 3. The number of halogens is 1. The zero-order chi connectivity index (χ0) is 12.3. The molecule has 0 saturated carbocycles. The Labute approximate surface area is 111 Å². The second kappa shape index (κ2) is 5.42. The number of thioether (sulfide) groups is 1. The van der Waals surface area contributed by atoms with Crippen LogP contribution in [0.5, 0.6) is 5.75 Å². The number of nitrogens with one attached hydrogen (secondary N) is 1. The van der Waals surface area contributed by atoms with E-state index >= 15 is 0 Å². The maximum atomic E-state index is 11.2. The van der Waals surface area contributed by atoms with Crippen LogP contribution >= 0.6 is 27.7 Å². The lowest BCUT2D eigenvalue weighted by Crippen LogP contribution is -2.01. The summed E-state index contributed by atoms with van der Waals surface area (Å²) in [6.45, 7) is 0. The van der Waals surface area contributed by atoms with E-state index in [0.717, 1.165) is 15.1 Å². The van der Waals surface area contributed by atoms with Gasteiger partial charge in [-0.15, -0.1) is 11.8 Å². The molecule has 5 heteroatoms. The van der Waals surface area contributed by atoms with E-state index in [1.54, 1.807) is 11.8 Å². The maximum Gasteiger partial charge on any atom is 0.223 e. The molecule has 0 bridgehead atoms. The van der Waals surface area contributed by atoms with E-state index in [0.29, 0.717) is 5.75 Å². The minimum absolute atomic E-state index is 0.250. The maximum absolute atomic E-state index is 11.2. The summed E-state index contributed by atoms with van der Waals surface area (Å²) in [4.78, 5) is 15.2. The number of benzene rings is 1. The first-order chi connectivity index (χ1) is 8.16. The van der Waals surface area contributed by atoms with Gasteiger partial charge in [-0.1, -0.05) is 12.1 Å². The zero-order valence-electron chi connectivity index (χ0n) is 8.81. The summed E-state index contributed by atoms with van der Waals surface area (Å²) < 4.78 is 1.03. The Balaban J connectivity index is 2.10. The van der Waals surface area contributed by atoms with Gasteiger partial charge in [0.15, 0.2) is 5.75 Å². The predicted octanol–water partition coefficient (Wildman–Crippen LogP) is 3.14. The Kier molecular flexibility index (Phi) is 3.91. The van der Waals surface area contributed by atoms with Gasteiger partial charge in [-0.05, 0) is 28.1 Å². The minimum Gasteiger partial charge on any atom is -0.503 e. The van der Waals surface area contributed by atoms with Crippen LogP contribution in [0.2, 0.25) is 0 Å². The largest absolute Gasteiger partial charge is 0.503 e. The number of aromatic nitrogens is 1. The first-order valence-electron chi connectivity index (χ1n) is 4.95. The lowest BCUT2D eigenvalue weighted by molar-refractivity contribution is 0.467. The van der Waals surface area contributed by atoms with Crippen molar-refractivity contribution in [2.45, 2.75) is 10.6 Å². The van der Waals surface area contributed by atoms with Crippen molar-refractivity contribution in [2.75, 3.05) is 0 Å². The van der Waals surface area contributed by atoms with Gasteiger partial charge in [0.1, 0.15) is 0 Å². The molecule has 0 aliphatic rings. The third-order valence-corrected chi connectivity index (χ3v) is 4.25. The van der Waals surface area contributed by atoms with E-state index in [1.165, 1.54) is 12.3 Å². The van der Waals surface area contributed by atoms with Crippen molar-refractivity contribution in [3.8, 4) is 5.75 Å². The zero-order valence-corrected chi connectivity index (χ0v) is 11.2. The van der Waals surface area contributed by atoms with E-state index in [9.17, 15) is 4.79 Å². The monoisotopic (exact) mass is 311 g/mol. The standard InChI is InChI=1S/C12H10BrNO2S/c13-9-3-1-2-4-12(9)17-7-8-5-10(15)11(16)6-14-8/h1-6,16H,7H2,(H,14,15). The first-order valence-corrected chi connectivity index (χ1v) is 6.72. The van der Waals surface area contributed by atoms with Crippen LogP contribution in [0.15, 0.2) is 50.7 Å². The topological polar surface area (TPSA) is 53.1 Å². The Hall–Kier alpha value is -1.20. The SMILES string of the molecule is O=c1cc(CSc2ccccc2Br)[nH]cc1O. The number of H-pyrrole nitrogens is 1. The van der Waals surface area contributed by atoms with E-state index in [-0.39, 0.29) is 11.2 Å². The summed E-state index contributed by atoms with van der Waals surface area (Å²) >= 11 is 5.08. The van der Waals surface area contributed by atoms with Crippen molar-refractivity contribution >= 4 is 27.7 Å². The lowest BCUT2D eigenvalue weighted by Gasteiger charge is -2.04. The summed E-state index contributed by atoms with van der Waals surface area (Å²) in [5.74, 6) is 0.401. The van der Waals surface area contributed by atoms with Crippen molar-refractivity contribution in [1.82, 2.24) is 4.98 Å². The molecule has 88 valence electrons. The van der Waals surface area contributed by atoms with Gasteiger partial charge in [0, 0.05) is 33.1 Å². The van der Waals surface area contributed by atoms with Gasteiger partial charge in [-0.2, -0.15) is 0 Å². The van der Waals surface area contributed by atoms with Crippen molar-refractivity contribution in [2.24, 2.45) is 0 Å².